The predicted octanol–water partition coefficient (Wildman–Crippen LogP) is 3.85. The molecule has 5 nitrogen and oxygen atoms in total. The number of aromatic nitrogens is 2. The van der Waals surface area contributed by atoms with Crippen LogP contribution in [0.4, 0.5) is 0 Å². The lowest BCUT2D eigenvalue weighted by atomic mass is 10.1. The molecular weight excluding hydrogens is 338 g/mol. The molecule has 0 fully saturated rings. The molecule has 25 heavy (non-hydrogen) atoms. The lowest BCUT2D eigenvalue weighted by molar-refractivity contribution is 0.414. The van der Waals surface area contributed by atoms with Gasteiger partial charge in [-0.15, -0.1) is 0 Å². The Morgan fingerprint density at radius 3 is 2.52 bits per heavy atom. The third-order valence-electron chi connectivity index (χ3n) is 3.97. The van der Waals surface area contributed by atoms with Gasteiger partial charge in [-0.1, -0.05) is 23.7 Å². The van der Waals surface area contributed by atoms with Gasteiger partial charge in [-0.3, -0.25) is 0 Å². The van der Waals surface area contributed by atoms with Crippen molar-refractivity contribution in [1.29, 1.82) is 0 Å². The Morgan fingerprint density at radius 1 is 1.20 bits per heavy atom. The van der Waals surface area contributed by atoms with Crippen LogP contribution in [0.25, 0.3) is 5.69 Å². The summed E-state index contributed by atoms with van der Waals surface area (Å²) < 4.78 is 7.02. The zero-order chi connectivity index (χ0) is 18.0. The van der Waals surface area contributed by atoms with Gasteiger partial charge in [-0.25, -0.2) is 4.68 Å². The van der Waals surface area contributed by atoms with Crippen LogP contribution in [0.2, 0.25) is 5.02 Å². The van der Waals surface area contributed by atoms with Crippen molar-refractivity contribution in [3.05, 3.63) is 70.5 Å². The van der Waals surface area contributed by atoms with E-state index in [2.05, 4.69) is 5.10 Å². The summed E-state index contributed by atoms with van der Waals surface area (Å²) in [5.41, 5.74) is 9.59. The predicted molar refractivity (Wildman–Crippen MR) is 98.6 cm³/mol. The van der Waals surface area contributed by atoms with Crippen LogP contribution in [0.3, 0.4) is 0 Å². The summed E-state index contributed by atoms with van der Waals surface area (Å²) in [6.07, 6.45) is 0.641. The number of phenols is 1. The van der Waals surface area contributed by atoms with Crippen molar-refractivity contribution >= 4 is 11.6 Å². The van der Waals surface area contributed by atoms with Crippen LogP contribution in [-0.4, -0.2) is 22.0 Å². The minimum Gasteiger partial charge on any atom is -0.508 e. The molecule has 6 heteroatoms. The highest BCUT2D eigenvalue weighted by atomic mass is 35.5. The number of aromatic hydroxyl groups is 1. The molecule has 130 valence electrons. The minimum atomic E-state index is -0.183. The zero-order valence-electron chi connectivity index (χ0n) is 14.1. The molecule has 0 saturated heterocycles. The quantitative estimate of drug-likeness (QED) is 0.727. The number of benzene rings is 2. The van der Waals surface area contributed by atoms with E-state index in [0.717, 1.165) is 22.6 Å². The Labute approximate surface area is 151 Å². The van der Waals surface area contributed by atoms with Gasteiger partial charge >= 0.3 is 0 Å². The van der Waals surface area contributed by atoms with E-state index in [0.29, 0.717) is 17.2 Å². The maximum Gasteiger partial charge on any atom is 0.120 e. The van der Waals surface area contributed by atoms with E-state index in [-0.39, 0.29) is 11.8 Å². The number of nitrogens with two attached hydrogens (primary N) is 1. The average Bonchev–Trinajstić information content (AvgIpc) is 3.00. The van der Waals surface area contributed by atoms with Crippen molar-refractivity contribution in [3.63, 3.8) is 0 Å². The van der Waals surface area contributed by atoms with E-state index in [1.165, 1.54) is 0 Å². The number of rotatable bonds is 5. The first-order chi connectivity index (χ1) is 12.0. The summed E-state index contributed by atoms with van der Waals surface area (Å²) in [6.45, 7) is 1.90. The number of methoxy groups -OCH3 is 1. The lowest BCUT2D eigenvalue weighted by Gasteiger charge is -2.11. The number of nitrogens with zero attached hydrogens (tertiary/aromatic N) is 2. The standard InChI is InChI=1S/C19H20ClN3O2/c1-12(21)18-10-14(9-13-3-5-15(24)6-4-13)23(22-18)19-8-7-16(25-2)11-17(19)20/h3-8,10-12,24H,9,21H2,1-2H3/t12-/m1/s1. The molecule has 1 atom stereocenters. The van der Waals surface area contributed by atoms with Gasteiger partial charge < -0.3 is 15.6 Å². The van der Waals surface area contributed by atoms with Crippen molar-refractivity contribution in [1.82, 2.24) is 9.78 Å². The summed E-state index contributed by atoms with van der Waals surface area (Å²) in [5, 5.41) is 14.6. The molecule has 0 saturated carbocycles. The molecule has 0 unspecified atom stereocenters. The van der Waals surface area contributed by atoms with Gasteiger partial charge in [0.15, 0.2) is 0 Å². The maximum atomic E-state index is 9.45. The number of hydrogen-bond donors (Lipinski definition) is 2. The van der Waals surface area contributed by atoms with Gasteiger partial charge in [0.1, 0.15) is 11.5 Å². The van der Waals surface area contributed by atoms with Crippen molar-refractivity contribution in [2.45, 2.75) is 19.4 Å². The van der Waals surface area contributed by atoms with Crippen molar-refractivity contribution in [2.24, 2.45) is 5.73 Å². The van der Waals surface area contributed by atoms with Crippen LogP contribution in [-0.2, 0) is 6.42 Å². The summed E-state index contributed by atoms with van der Waals surface area (Å²) in [6, 6.07) is 14.4. The molecule has 0 spiro atoms. The minimum absolute atomic E-state index is 0.183. The maximum absolute atomic E-state index is 9.45. The fourth-order valence-electron chi connectivity index (χ4n) is 2.61. The first kappa shape index (κ1) is 17.3. The highest BCUT2D eigenvalue weighted by molar-refractivity contribution is 6.32. The highest BCUT2D eigenvalue weighted by Crippen LogP contribution is 2.28. The normalized spacial score (nSPS) is 12.2. The molecule has 0 aliphatic rings. The Balaban J connectivity index is 2.04. The highest BCUT2D eigenvalue weighted by Gasteiger charge is 2.15. The van der Waals surface area contributed by atoms with Crippen LogP contribution >= 0.6 is 11.6 Å². The van der Waals surface area contributed by atoms with Crippen LogP contribution in [0.15, 0.2) is 48.5 Å². The van der Waals surface area contributed by atoms with E-state index in [1.54, 1.807) is 25.3 Å². The topological polar surface area (TPSA) is 73.3 Å². The number of hydrogen-bond acceptors (Lipinski definition) is 4. The Kier molecular flexibility index (Phi) is 4.97. The molecule has 2 aromatic carbocycles. The fourth-order valence-corrected chi connectivity index (χ4v) is 2.86. The SMILES string of the molecule is COc1ccc(-n2nc([C@@H](C)N)cc2Cc2ccc(O)cc2)c(Cl)c1. The average molecular weight is 358 g/mol. The fraction of sp³-hybridized carbons (Fsp3) is 0.211. The molecule has 0 bridgehead atoms. The molecule has 0 amide bonds. The first-order valence-corrected chi connectivity index (χ1v) is 8.32. The van der Waals surface area contributed by atoms with E-state index < -0.39 is 0 Å². The van der Waals surface area contributed by atoms with E-state index in [9.17, 15) is 5.11 Å². The second-order valence-electron chi connectivity index (χ2n) is 5.92. The Morgan fingerprint density at radius 2 is 1.92 bits per heavy atom. The van der Waals surface area contributed by atoms with Crippen molar-refractivity contribution in [2.75, 3.05) is 7.11 Å². The monoisotopic (exact) mass is 357 g/mol. The second kappa shape index (κ2) is 7.17. The lowest BCUT2D eigenvalue weighted by Crippen LogP contribution is -2.07. The zero-order valence-corrected chi connectivity index (χ0v) is 14.9. The summed E-state index contributed by atoms with van der Waals surface area (Å²) in [4.78, 5) is 0. The van der Waals surface area contributed by atoms with Crippen molar-refractivity contribution < 1.29 is 9.84 Å². The van der Waals surface area contributed by atoms with Crippen molar-refractivity contribution in [3.8, 4) is 17.2 Å². The molecule has 1 aromatic heterocycles. The third-order valence-corrected chi connectivity index (χ3v) is 4.28. The molecule has 3 rings (SSSR count). The van der Waals surface area contributed by atoms with Gasteiger partial charge in [0.25, 0.3) is 0 Å². The van der Waals surface area contributed by atoms with Gasteiger partial charge in [-0.05, 0) is 42.8 Å². The summed E-state index contributed by atoms with van der Waals surface area (Å²) in [7, 11) is 1.60. The van der Waals surface area contributed by atoms with Crippen LogP contribution in [0, 0.1) is 0 Å². The molecule has 0 radical (unpaired) electrons. The van der Waals surface area contributed by atoms with Gasteiger partial charge in [0, 0.05) is 24.2 Å². The van der Waals surface area contributed by atoms with E-state index in [1.807, 2.05) is 41.9 Å². The Hall–Kier alpha value is -2.50. The largest absolute Gasteiger partial charge is 0.508 e. The van der Waals surface area contributed by atoms with Crippen LogP contribution in [0.5, 0.6) is 11.5 Å². The van der Waals surface area contributed by atoms with Gasteiger partial charge in [0.05, 0.1) is 23.5 Å². The summed E-state index contributed by atoms with van der Waals surface area (Å²) >= 11 is 6.42. The van der Waals surface area contributed by atoms with Crippen LogP contribution < -0.4 is 10.5 Å². The number of ether oxygens (including phenoxy) is 1. The molecule has 0 aliphatic heterocycles. The van der Waals surface area contributed by atoms with Gasteiger partial charge in [-0.2, -0.15) is 5.10 Å². The molecule has 3 aromatic rings. The van der Waals surface area contributed by atoms with E-state index >= 15 is 0 Å². The molecule has 3 N–H and O–H groups in total. The summed E-state index contributed by atoms with van der Waals surface area (Å²) in [5.74, 6) is 0.931. The number of phenolic OH excluding ortho intramolecular Hbond substituents is 1. The third kappa shape index (κ3) is 3.78. The van der Waals surface area contributed by atoms with Crippen LogP contribution in [0.1, 0.15) is 29.9 Å². The van der Waals surface area contributed by atoms with Gasteiger partial charge in [0.2, 0.25) is 0 Å². The Bertz CT molecular complexity index is 873. The molecule has 1 heterocycles. The second-order valence-corrected chi connectivity index (χ2v) is 6.33. The number of halogens is 1. The van der Waals surface area contributed by atoms with E-state index in [4.69, 9.17) is 22.1 Å². The first-order valence-electron chi connectivity index (χ1n) is 7.94. The smallest absolute Gasteiger partial charge is 0.120 e. The molecule has 0 aliphatic carbocycles. The molecular formula is C19H20ClN3O2.